The number of aliphatic hydroxyl groups is 1. The number of aliphatic hydroxyl groups excluding tert-OH is 1. The Balaban J connectivity index is 2.11. The van der Waals surface area contributed by atoms with Gasteiger partial charge in [-0.1, -0.05) is 12.5 Å². The summed E-state index contributed by atoms with van der Waals surface area (Å²) in [5.41, 5.74) is 1.74. The molecule has 4 N–H and O–H groups in total. The fourth-order valence-electron chi connectivity index (χ4n) is 2.60. The van der Waals surface area contributed by atoms with Crippen LogP contribution >= 0.6 is 0 Å². The number of anilines is 1. The number of ether oxygens (including phenoxy) is 1. The van der Waals surface area contributed by atoms with E-state index in [4.69, 9.17) is 4.74 Å². The van der Waals surface area contributed by atoms with Crippen LogP contribution in [0.3, 0.4) is 0 Å². The number of aryl methyl sites for hydroxylation is 1. The molecule has 132 valence electrons. The van der Waals surface area contributed by atoms with Crippen LogP contribution in [0.15, 0.2) is 18.2 Å². The van der Waals surface area contributed by atoms with Gasteiger partial charge in [0.05, 0.1) is 20.2 Å². The maximum Gasteiger partial charge on any atom is 0.243 e. The van der Waals surface area contributed by atoms with Gasteiger partial charge in [0.25, 0.3) is 0 Å². The minimum Gasteiger partial charge on any atom is -0.497 e. The third kappa shape index (κ3) is 5.82. The van der Waals surface area contributed by atoms with Gasteiger partial charge in [0.1, 0.15) is 12.0 Å². The second-order valence-corrected chi connectivity index (χ2v) is 5.84. The molecule has 0 bridgehead atoms. The van der Waals surface area contributed by atoms with Crippen LogP contribution in [0.1, 0.15) is 31.2 Å². The lowest BCUT2D eigenvalue weighted by molar-refractivity contribution is -0.124. The Morgan fingerprint density at radius 2 is 1.96 bits per heavy atom. The first-order chi connectivity index (χ1) is 11.6. The Morgan fingerprint density at radius 1 is 1.12 bits per heavy atom. The summed E-state index contributed by atoms with van der Waals surface area (Å²) in [5.74, 6) is 0.0431. The van der Waals surface area contributed by atoms with Crippen molar-refractivity contribution >= 4 is 17.5 Å². The molecule has 1 aromatic rings. The lowest BCUT2D eigenvalue weighted by Gasteiger charge is -2.13. The second kappa shape index (κ2) is 9.24. The lowest BCUT2D eigenvalue weighted by Crippen LogP contribution is -2.41. The van der Waals surface area contributed by atoms with E-state index in [0.29, 0.717) is 17.9 Å². The number of fused-ring (bicyclic) bond motifs is 1. The third-order valence-corrected chi connectivity index (χ3v) is 3.96. The van der Waals surface area contributed by atoms with Crippen LogP contribution in [-0.4, -0.2) is 43.3 Å². The Bertz CT molecular complexity index is 577. The normalized spacial score (nSPS) is 20.8. The molecule has 2 rings (SSSR count). The van der Waals surface area contributed by atoms with Crippen molar-refractivity contribution < 1.29 is 19.4 Å². The molecule has 24 heavy (non-hydrogen) atoms. The zero-order chi connectivity index (χ0) is 17.4. The maximum atomic E-state index is 12.1. The monoisotopic (exact) mass is 335 g/mol. The Kier molecular flexibility index (Phi) is 7.02. The topological polar surface area (TPSA) is 99.7 Å². The Morgan fingerprint density at radius 3 is 2.75 bits per heavy atom. The van der Waals surface area contributed by atoms with Crippen LogP contribution in [0.25, 0.3) is 0 Å². The minimum absolute atomic E-state index is 0.0150. The number of rotatable bonds is 1. The fraction of sp³-hybridized carbons (Fsp3) is 0.529. The van der Waals surface area contributed by atoms with Gasteiger partial charge in [0, 0.05) is 11.8 Å². The molecule has 1 unspecified atom stereocenters. The van der Waals surface area contributed by atoms with Gasteiger partial charge >= 0.3 is 0 Å². The van der Waals surface area contributed by atoms with Crippen molar-refractivity contribution in [3.8, 4) is 5.75 Å². The van der Waals surface area contributed by atoms with Crippen molar-refractivity contribution in [2.24, 2.45) is 0 Å². The molecule has 2 amide bonds. The highest BCUT2D eigenvalue weighted by Crippen LogP contribution is 2.24. The summed E-state index contributed by atoms with van der Waals surface area (Å²) in [7, 11) is 1.58. The average molecular weight is 335 g/mol. The number of carbonyl (C=O) groups excluding carboxylic acids is 2. The van der Waals surface area contributed by atoms with Crippen LogP contribution in [0.2, 0.25) is 0 Å². The largest absolute Gasteiger partial charge is 0.497 e. The molecule has 0 aromatic heterocycles. The summed E-state index contributed by atoms with van der Waals surface area (Å²) in [6, 6.07) is 5.61. The first-order valence-electron chi connectivity index (χ1n) is 8.23. The SMILES string of the molecule is COc1ccc2c(c1)NC(=O)CNC(=O)CNC(O)CCCCC2. The Hall–Kier alpha value is -2.12. The zero-order valence-electron chi connectivity index (χ0n) is 13.9. The molecule has 0 radical (unpaired) electrons. The van der Waals surface area contributed by atoms with Gasteiger partial charge in [-0.15, -0.1) is 0 Å². The minimum atomic E-state index is -0.703. The van der Waals surface area contributed by atoms with Crippen LogP contribution in [0.5, 0.6) is 5.75 Å². The van der Waals surface area contributed by atoms with E-state index in [0.717, 1.165) is 31.2 Å². The molecule has 7 heteroatoms. The van der Waals surface area contributed by atoms with E-state index in [9.17, 15) is 14.7 Å². The van der Waals surface area contributed by atoms with E-state index < -0.39 is 6.23 Å². The second-order valence-electron chi connectivity index (χ2n) is 5.84. The van der Waals surface area contributed by atoms with E-state index >= 15 is 0 Å². The quantitative estimate of drug-likeness (QED) is 0.608. The van der Waals surface area contributed by atoms with Crippen molar-refractivity contribution in [1.82, 2.24) is 10.6 Å². The van der Waals surface area contributed by atoms with Crippen molar-refractivity contribution in [3.63, 3.8) is 0 Å². The highest BCUT2D eigenvalue weighted by atomic mass is 16.5. The summed E-state index contributed by atoms with van der Waals surface area (Å²) in [6.45, 7) is -0.133. The number of methoxy groups -OCH3 is 1. The van der Waals surface area contributed by atoms with Crippen LogP contribution in [0, 0.1) is 0 Å². The van der Waals surface area contributed by atoms with Crippen molar-refractivity contribution in [1.29, 1.82) is 0 Å². The third-order valence-electron chi connectivity index (χ3n) is 3.96. The molecular weight excluding hydrogens is 310 g/mol. The van der Waals surface area contributed by atoms with Crippen molar-refractivity contribution in [3.05, 3.63) is 23.8 Å². The van der Waals surface area contributed by atoms with Crippen molar-refractivity contribution in [2.75, 3.05) is 25.5 Å². The molecule has 1 aliphatic rings. The standard InChI is InChI=1S/C17H25N3O4/c1-24-13-8-7-12-5-3-2-4-6-15(21)18-10-16(22)19-11-17(23)20-14(12)9-13/h7-9,15,18,21H,2-6,10-11H2,1H3,(H,19,22)(H,20,23). The van der Waals surface area contributed by atoms with Gasteiger partial charge < -0.3 is 20.5 Å². The predicted molar refractivity (Wildman–Crippen MR) is 90.8 cm³/mol. The molecule has 1 atom stereocenters. The fourth-order valence-corrected chi connectivity index (χ4v) is 2.60. The van der Waals surface area contributed by atoms with Crippen molar-refractivity contribution in [2.45, 2.75) is 38.3 Å². The molecule has 1 aliphatic heterocycles. The molecule has 7 nitrogen and oxygen atoms in total. The molecule has 0 saturated heterocycles. The number of amides is 2. The van der Waals surface area contributed by atoms with Gasteiger partial charge in [0.15, 0.2) is 0 Å². The molecular formula is C17H25N3O4. The van der Waals surface area contributed by atoms with Gasteiger partial charge in [-0.2, -0.15) is 0 Å². The summed E-state index contributed by atoms with van der Waals surface area (Å²) in [5, 5.41) is 17.9. The van der Waals surface area contributed by atoms with Crippen LogP contribution in [-0.2, 0) is 16.0 Å². The number of hydrogen-bond donors (Lipinski definition) is 4. The molecule has 0 spiro atoms. The molecule has 0 aliphatic carbocycles. The predicted octanol–water partition coefficient (Wildman–Crippen LogP) is 0.774. The van der Waals surface area contributed by atoms with E-state index in [2.05, 4.69) is 16.0 Å². The first-order valence-corrected chi connectivity index (χ1v) is 8.23. The van der Waals surface area contributed by atoms with Gasteiger partial charge in [-0.3, -0.25) is 14.9 Å². The van der Waals surface area contributed by atoms with Crippen LogP contribution in [0.4, 0.5) is 5.69 Å². The summed E-state index contributed by atoms with van der Waals surface area (Å²) in [6.07, 6.45) is 3.51. The van der Waals surface area contributed by atoms with E-state index in [1.165, 1.54) is 0 Å². The lowest BCUT2D eigenvalue weighted by atomic mass is 10.0. The maximum absolute atomic E-state index is 12.1. The summed E-state index contributed by atoms with van der Waals surface area (Å²) >= 11 is 0. The molecule has 1 aromatic carbocycles. The van der Waals surface area contributed by atoms with E-state index in [1.807, 2.05) is 12.1 Å². The highest BCUT2D eigenvalue weighted by molar-refractivity contribution is 5.95. The van der Waals surface area contributed by atoms with Gasteiger partial charge in [-0.05, 0) is 37.3 Å². The number of benzene rings is 1. The molecule has 1 heterocycles. The Labute approximate surface area is 141 Å². The van der Waals surface area contributed by atoms with Gasteiger partial charge in [0.2, 0.25) is 11.8 Å². The zero-order valence-corrected chi connectivity index (χ0v) is 13.9. The first kappa shape index (κ1) is 18.2. The van der Waals surface area contributed by atoms with Crippen LogP contribution < -0.4 is 20.7 Å². The highest BCUT2D eigenvalue weighted by Gasteiger charge is 2.12. The number of nitrogens with one attached hydrogen (secondary N) is 3. The molecule has 0 saturated carbocycles. The number of carbonyl (C=O) groups is 2. The summed E-state index contributed by atoms with van der Waals surface area (Å²) < 4.78 is 5.21. The average Bonchev–Trinajstić information content (AvgIpc) is 2.58. The molecule has 0 fully saturated rings. The number of hydrogen-bond acceptors (Lipinski definition) is 5. The van der Waals surface area contributed by atoms with E-state index in [-0.39, 0.29) is 24.9 Å². The van der Waals surface area contributed by atoms with E-state index in [1.54, 1.807) is 13.2 Å². The van der Waals surface area contributed by atoms with Gasteiger partial charge in [-0.25, -0.2) is 0 Å². The smallest absolute Gasteiger partial charge is 0.243 e. The summed E-state index contributed by atoms with van der Waals surface area (Å²) in [4.78, 5) is 23.7.